The third-order valence-electron chi connectivity index (χ3n) is 10.9. The molecular weight excluding hydrogens is 659 g/mol. The zero-order chi connectivity index (χ0) is 36.2. The molecule has 0 fully saturated rings. The molecule has 1 unspecified atom stereocenters. The van der Waals surface area contributed by atoms with E-state index in [1.54, 1.807) is 0 Å². The van der Waals surface area contributed by atoms with Crippen molar-refractivity contribution in [2.45, 2.75) is 26.2 Å². The van der Waals surface area contributed by atoms with E-state index in [-0.39, 0.29) is 0 Å². The zero-order valence-electron chi connectivity index (χ0n) is 30.2. The van der Waals surface area contributed by atoms with Crippen LogP contribution in [0.25, 0.3) is 89.5 Å². The summed E-state index contributed by atoms with van der Waals surface area (Å²) in [5.41, 5.74) is 14.1. The Balaban J connectivity index is 1.30. The van der Waals surface area contributed by atoms with Crippen LogP contribution in [0.2, 0.25) is 0 Å². The molecule has 0 aliphatic heterocycles. The molecule has 2 heterocycles. The van der Waals surface area contributed by atoms with Gasteiger partial charge in [0.05, 0.1) is 0 Å². The second-order valence-electron chi connectivity index (χ2n) is 14.6. The van der Waals surface area contributed by atoms with Crippen LogP contribution in [0.4, 0.5) is 0 Å². The Morgan fingerprint density at radius 3 is 1.74 bits per heavy atom. The summed E-state index contributed by atoms with van der Waals surface area (Å²) in [5, 5.41) is 2.02. The van der Waals surface area contributed by atoms with E-state index in [1.165, 1.54) is 27.8 Å². The van der Waals surface area contributed by atoms with Gasteiger partial charge in [-0.05, 0) is 87.0 Å². The van der Waals surface area contributed by atoms with Crippen LogP contribution in [0.3, 0.4) is 0 Å². The summed E-state index contributed by atoms with van der Waals surface area (Å²) in [7, 11) is 0. The van der Waals surface area contributed by atoms with E-state index < -0.39 is 0 Å². The van der Waals surface area contributed by atoms with Crippen LogP contribution in [0.1, 0.15) is 30.9 Å². The van der Waals surface area contributed by atoms with Crippen LogP contribution in [-0.4, -0.2) is 15.0 Å². The number of furan rings is 1. The Labute approximate surface area is 314 Å². The summed E-state index contributed by atoms with van der Waals surface area (Å²) in [4.78, 5) is 16.1. The fraction of sp³-hybridized carbons (Fsp3) is 0.100. The molecule has 1 atom stereocenters. The molecule has 0 saturated carbocycles. The summed E-state index contributed by atoms with van der Waals surface area (Å²) >= 11 is 0. The zero-order valence-corrected chi connectivity index (χ0v) is 30.2. The molecule has 1 aliphatic carbocycles. The van der Waals surface area contributed by atoms with Crippen molar-refractivity contribution in [2.24, 2.45) is 5.92 Å². The van der Waals surface area contributed by atoms with Crippen molar-refractivity contribution in [3.8, 4) is 67.5 Å². The first-order chi connectivity index (χ1) is 26.6. The van der Waals surface area contributed by atoms with Crippen molar-refractivity contribution in [1.29, 1.82) is 0 Å². The Morgan fingerprint density at radius 2 is 1.04 bits per heavy atom. The van der Waals surface area contributed by atoms with Gasteiger partial charge in [-0.25, -0.2) is 15.0 Å². The molecule has 2 aromatic heterocycles. The monoisotopic (exact) mass is 695 g/mol. The molecule has 0 bridgehead atoms. The van der Waals surface area contributed by atoms with Crippen molar-refractivity contribution < 1.29 is 4.42 Å². The highest BCUT2D eigenvalue weighted by atomic mass is 16.3. The second-order valence-corrected chi connectivity index (χ2v) is 14.6. The van der Waals surface area contributed by atoms with Crippen molar-refractivity contribution >= 4 is 21.9 Å². The molecule has 54 heavy (non-hydrogen) atoms. The minimum absolute atomic E-state index is 0.407. The molecule has 4 heteroatoms. The quantitative estimate of drug-likeness (QED) is 0.174. The second kappa shape index (κ2) is 13.1. The van der Waals surface area contributed by atoms with Gasteiger partial charge in [0.2, 0.25) is 0 Å². The number of hydrogen-bond donors (Lipinski definition) is 0. The average Bonchev–Trinajstić information content (AvgIpc) is 3.62. The Bertz CT molecular complexity index is 2820. The summed E-state index contributed by atoms with van der Waals surface area (Å²) in [6.45, 7) is 4.67. The first-order valence-electron chi connectivity index (χ1n) is 18.7. The average molecular weight is 696 g/mol. The molecule has 7 aromatic carbocycles. The van der Waals surface area contributed by atoms with Gasteiger partial charge in [0.25, 0.3) is 0 Å². The van der Waals surface area contributed by atoms with Crippen molar-refractivity contribution in [3.63, 3.8) is 0 Å². The van der Waals surface area contributed by atoms with Gasteiger partial charge < -0.3 is 4.42 Å². The SMILES string of the molecule is CC(C)C1Cc2cc(-c3ccccc3)cc(-c3nc(-c4ccccc4)nc(-c4cc(-c5ccccc5)cc5oc6ccccc6c45)n3)c2-c2ccccc21. The normalized spacial score (nSPS) is 13.6. The van der Waals surface area contributed by atoms with E-state index in [4.69, 9.17) is 19.4 Å². The highest BCUT2D eigenvalue weighted by Gasteiger charge is 2.30. The maximum Gasteiger partial charge on any atom is 0.164 e. The predicted molar refractivity (Wildman–Crippen MR) is 221 cm³/mol. The fourth-order valence-electron chi connectivity index (χ4n) is 8.31. The van der Waals surface area contributed by atoms with E-state index in [1.807, 2.05) is 36.4 Å². The number of fused-ring (bicyclic) bond motifs is 6. The highest BCUT2D eigenvalue weighted by molar-refractivity contribution is 6.13. The molecule has 0 saturated heterocycles. The molecule has 9 aromatic rings. The Morgan fingerprint density at radius 1 is 0.481 bits per heavy atom. The standard InChI is InChI=1S/C50H37N3O/c1-31(2)41-29-37-26-35(32-16-6-3-7-17-32)27-42(46(37)39-23-13-12-22-38(39)41)49-51-48(34-20-10-5-11-21-34)52-50(53-49)43-28-36(33-18-8-4-9-19-33)30-45-47(43)40-24-14-15-25-44(40)54-45/h3-28,30-31,41H,29H2,1-2H3. The first-order valence-corrected chi connectivity index (χ1v) is 18.7. The maximum absolute atomic E-state index is 6.54. The lowest BCUT2D eigenvalue weighted by atomic mass is 9.72. The molecule has 0 spiro atoms. The third-order valence-corrected chi connectivity index (χ3v) is 10.9. The number of nitrogens with zero attached hydrogens (tertiary/aromatic N) is 3. The smallest absolute Gasteiger partial charge is 0.164 e. The Hall–Kier alpha value is -6.65. The minimum atomic E-state index is 0.407. The molecule has 0 amide bonds. The van der Waals surface area contributed by atoms with Crippen LogP contribution in [0, 0.1) is 5.92 Å². The largest absolute Gasteiger partial charge is 0.456 e. The van der Waals surface area contributed by atoms with Crippen LogP contribution in [-0.2, 0) is 6.42 Å². The summed E-state index contributed by atoms with van der Waals surface area (Å²) in [5.74, 6) is 2.78. The number of para-hydroxylation sites is 1. The van der Waals surface area contributed by atoms with Crippen LogP contribution in [0.15, 0.2) is 168 Å². The van der Waals surface area contributed by atoms with Gasteiger partial charge in [0.15, 0.2) is 17.5 Å². The lowest BCUT2D eigenvalue weighted by molar-refractivity contribution is 0.492. The molecule has 0 N–H and O–H groups in total. The summed E-state index contributed by atoms with van der Waals surface area (Å²) in [6.07, 6.45) is 0.946. The highest BCUT2D eigenvalue weighted by Crippen LogP contribution is 2.48. The van der Waals surface area contributed by atoms with E-state index in [2.05, 4.69) is 141 Å². The maximum atomic E-state index is 6.54. The lowest BCUT2D eigenvalue weighted by Crippen LogP contribution is -2.17. The topological polar surface area (TPSA) is 51.8 Å². The first kappa shape index (κ1) is 32.0. The van der Waals surface area contributed by atoms with Crippen LogP contribution < -0.4 is 0 Å². The van der Waals surface area contributed by atoms with Gasteiger partial charge in [-0.15, -0.1) is 0 Å². The van der Waals surface area contributed by atoms with Gasteiger partial charge in [-0.2, -0.15) is 0 Å². The van der Waals surface area contributed by atoms with Crippen molar-refractivity contribution in [1.82, 2.24) is 15.0 Å². The molecule has 1 aliphatic rings. The molecular formula is C50H37N3O. The predicted octanol–water partition coefficient (Wildman–Crippen LogP) is 13.1. The van der Waals surface area contributed by atoms with Gasteiger partial charge >= 0.3 is 0 Å². The number of benzene rings is 7. The Kier molecular flexibility index (Phi) is 7.76. The third kappa shape index (κ3) is 5.50. The molecule has 4 nitrogen and oxygen atoms in total. The van der Waals surface area contributed by atoms with Gasteiger partial charge in [-0.3, -0.25) is 0 Å². The van der Waals surface area contributed by atoms with Crippen molar-refractivity contribution in [3.05, 3.63) is 175 Å². The molecule has 10 rings (SSSR count). The molecule has 258 valence electrons. The number of hydrogen-bond acceptors (Lipinski definition) is 4. The van der Waals surface area contributed by atoms with Gasteiger partial charge in [-0.1, -0.05) is 153 Å². The lowest BCUT2D eigenvalue weighted by Gasteiger charge is -2.32. The van der Waals surface area contributed by atoms with E-state index in [0.717, 1.165) is 61.7 Å². The van der Waals surface area contributed by atoms with Gasteiger partial charge in [0, 0.05) is 27.5 Å². The van der Waals surface area contributed by atoms with Crippen LogP contribution >= 0.6 is 0 Å². The van der Waals surface area contributed by atoms with Gasteiger partial charge in [0.1, 0.15) is 11.2 Å². The minimum Gasteiger partial charge on any atom is -0.456 e. The summed E-state index contributed by atoms with van der Waals surface area (Å²) < 4.78 is 6.54. The van der Waals surface area contributed by atoms with E-state index in [9.17, 15) is 0 Å². The van der Waals surface area contributed by atoms with E-state index in [0.29, 0.717) is 29.3 Å². The van der Waals surface area contributed by atoms with Crippen LogP contribution in [0.5, 0.6) is 0 Å². The van der Waals surface area contributed by atoms with Crippen molar-refractivity contribution in [2.75, 3.05) is 0 Å². The number of aromatic nitrogens is 3. The molecule has 0 radical (unpaired) electrons. The summed E-state index contributed by atoms with van der Waals surface area (Å²) in [6, 6.07) is 57.5. The van der Waals surface area contributed by atoms with E-state index >= 15 is 0 Å². The fourth-order valence-corrected chi connectivity index (χ4v) is 8.31. The number of rotatable bonds is 6.